The first-order valence-corrected chi connectivity index (χ1v) is 8.97. The third-order valence-corrected chi connectivity index (χ3v) is 4.99. The lowest BCUT2D eigenvalue weighted by molar-refractivity contribution is 0.313. The van der Waals surface area contributed by atoms with E-state index in [0.717, 1.165) is 48.9 Å². The number of anilines is 1. The Morgan fingerprint density at radius 2 is 1.54 bits per heavy atom. The molecule has 0 spiro atoms. The number of ether oxygens (including phenoxy) is 1. The number of likely N-dealkylation sites (N-methyl/N-ethyl adjacent to an activating group) is 1. The van der Waals surface area contributed by atoms with Crippen LogP contribution in [0.25, 0.3) is 16.9 Å². The molecule has 5 nitrogen and oxygen atoms in total. The highest BCUT2D eigenvalue weighted by atomic mass is 16.5. The molecule has 26 heavy (non-hydrogen) atoms. The second-order valence-corrected chi connectivity index (χ2v) is 6.64. The fourth-order valence-corrected chi connectivity index (χ4v) is 3.44. The van der Waals surface area contributed by atoms with Gasteiger partial charge >= 0.3 is 0 Å². The molecule has 1 saturated heterocycles. The predicted molar refractivity (Wildman–Crippen MR) is 105 cm³/mol. The van der Waals surface area contributed by atoms with E-state index in [1.165, 1.54) is 5.69 Å². The molecular formula is C21H24N4O. The molecule has 0 atom stereocenters. The first-order valence-electron chi connectivity index (χ1n) is 8.97. The molecule has 0 aliphatic carbocycles. The fourth-order valence-electron chi connectivity index (χ4n) is 3.44. The van der Waals surface area contributed by atoms with Crippen molar-refractivity contribution in [1.82, 2.24) is 14.7 Å². The highest BCUT2D eigenvalue weighted by Crippen LogP contribution is 2.31. The lowest BCUT2D eigenvalue weighted by Gasteiger charge is -2.34. The van der Waals surface area contributed by atoms with E-state index in [2.05, 4.69) is 52.3 Å². The second-order valence-electron chi connectivity index (χ2n) is 6.64. The van der Waals surface area contributed by atoms with Crippen molar-refractivity contribution in [3.05, 3.63) is 60.8 Å². The molecule has 2 aromatic carbocycles. The Bertz CT molecular complexity index is 864. The number of hydrogen-bond donors (Lipinski definition) is 0. The van der Waals surface area contributed by atoms with Gasteiger partial charge in [-0.1, -0.05) is 12.1 Å². The Labute approximate surface area is 154 Å². The molecule has 1 aromatic heterocycles. The van der Waals surface area contributed by atoms with Crippen LogP contribution in [0.4, 0.5) is 5.69 Å². The number of nitrogens with zero attached hydrogens (tertiary/aromatic N) is 4. The average molecular weight is 348 g/mol. The van der Waals surface area contributed by atoms with Crippen LogP contribution < -0.4 is 9.64 Å². The Morgan fingerprint density at radius 3 is 2.27 bits per heavy atom. The first-order chi connectivity index (χ1) is 12.8. The molecule has 0 unspecified atom stereocenters. The maximum absolute atomic E-state index is 5.52. The van der Waals surface area contributed by atoms with E-state index >= 15 is 0 Å². The van der Waals surface area contributed by atoms with Gasteiger partial charge in [0.15, 0.2) is 0 Å². The van der Waals surface area contributed by atoms with Crippen molar-refractivity contribution in [3.8, 4) is 22.7 Å². The van der Waals surface area contributed by atoms with Crippen LogP contribution >= 0.6 is 0 Å². The SMILES string of the molecule is COc1ccccc1-c1ccnn1-c1ccc(N2CCN(C)CC2)cc1. The topological polar surface area (TPSA) is 33.5 Å². The van der Waals surface area contributed by atoms with Gasteiger partial charge in [-0.25, -0.2) is 4.68 Å². The molecule has 0 bridgehead atoms. The third-order valence-electron chi connectivity index (χ3n) is 4.99. The van der Waals surface area contributed by atoms with E-state index in [1.807, 2.05) is 35.1 Å². The molecule has 0 N–H and O–H groups in total. The molecule has 0 amide bonds. The number of methoxy groups -OCH3 is 1. The average Bonchev–Trinajstić information content (AvgIpc) is 3.18. The van der Waals surface area contributed by atoms with Crippen LogP contribution in [0, 0.1) is 0 Å². The number of hydrogen-bond acceptors (Lipinski definition) is 4. The van der Waals surface area contributed by atoms with Gasteiger partial charge in [-0.2, -0.15) is 5.10 Å². The monoisotopic (exact) mass is 348 g/mol. The fraction of sp³-hybridized carbons (Fsp3) is 0.286. The molecule has 0 radical (unpaired) electrons. The minimum atomic E-state index is 0.850. The highest BCUT2D eigenvalue weighted by Gasteiger charge is 2.15. The van der Waals surface area contributed by atoms with Crippen molar-refractivity contribution in [3.63, 3.8) is 0 Å². The molecule has 5 heteroatoms. The number of piperazine rings is 1. The van der Waals surface area contributed by atoms with Gasteiger partial charge in [0.2, 0.25) is 0 Å². The van der Waals surface area contributed by atoms with E-state index in [9.17, 15) is 0 Å². The maximum atomic E-state index is 5.52. The number of aromatic nitrogens is 2. The summed E-state index contributed by atoms with van der Waals surface area (Å²) >= 11 is 0. The van der Waals surface area contributed by atoms with E-state index in [4.69, 9.17) is 4.74 Å². The van der Waals surface area contributed by atoms with E-state index in [0.29, 0.717) is 0 Å². The minimum absolute atomic E-state index is 0.850. The summed E-state index contributed by atoms with van der Waals surface area (Å²) in [6.45, 7) is 4.37. The van der Waals surface area contributed by atoms with Gasteiger partial charge in [0, 0.05) is 37.4 Å². The Morgan fingerprint density at radius 1 is 0.846 bits per heavy atom. The summed E-state index contributed by atoms with van der Waals surface area (Å²) in [5.41, 5.74) is 4.38. The van der Waals surface area contributed by atoms with Crippen LogP contribution in [0.15, 0.2) is 60.8 Å². The van der Waals surface area contributed by atoms with Gasteiger partial charge in [0.25, 0.3) is 0 Å². The van der Waals surface area contributed by atoms with Crippen LogP contribution in [0.2, 0.25) is 0 Å². The lowest BCUT2D eigenvalue weighted by atomic mass is 10.1. The summed E-state index contributed by atoms with van der Waals surface area (Å²) in [5.74, 6) is 0.850. The summed E-state index contributed by atoms with van der Waals surface area (Å²) in [5, 5.41) is 4.53. The van der Waals surface area contributed by atoms with Crippen LogP contribution in [0.1, 0.15) is 0 Å². The number of para-hydroxylation sites is 1. The molecule has 1 aliphatic rings. The van der Waals surface area contributed by atoms with Crippen LogP contribution in [-0.4, -0.2) is 55.0 Å². The predicted octanol–water partition coefficient (Wildman–Crippen LogP) is 3.30. The summed E-state index contributed by atoms with van der Waals surface area (Å²) in [4.78, 5) is 4.81. The Balaban J connectivity index is 1.62. The molecule has 4 rings (SSSR count). The molecule has 2 heterocycles. The van der Waals surface area contributed by atoms with E-state index in [-0.39, 0.29) is 0 Å². The van der Waals surface area contributed by atoms with Crippen molar-refractivity contribution >= 4 is 5.69 Å². The summed E-state index contributed by atoms with van der Waals surface area (Å²) < 4.78 is 7.48. The van der Waals surface area contributed by atoms with E-state index < -0.39 is 0 Å². The molecule has 0 saturated carbocycles. The molecular weight excluding hydrogens is 324 g/mol. The number of rotatable bonds is 4. The molecule has 134 valence electrons. The Hall–Kier alpha value is -2.79. The smallest absolute Gasteiger partial charge is 0.128 e. The highest BCUT2D eigenvalue weighted by molar-refractivity contribution is 5.69. The van der Waals surface area contributed by atoms with Crippen LogP contribution in [0.3, 0.4) is 0 Å². The van der Waals surface area contributed by atoms with Gasteiger partial charge in [-0.15, -0.1) is 0 Å². The van der Waals surface area contributed by atoms with E-state index in [1.54, 1.807) is 7.11 Å². The minimum Gasteiger partial charge on any atom is -0.496 e. The molecule has 3 aromatic rings. The second kappa shape index (κ2) is 7.22. The van der Waals surface area contributed by atoms with Crippen LogP contribution in [0.5, 0.6) is 5.75 Å². The first kappa shape index (κ1) is 16.7. The van der Waals surface area contributed by atoms with Crippen molar-refractivity contribution in [2.75, 3.05) is 45.2 Å². The van der Waals surface area contributed by atoms with Gasteiger partial charge in [0.05, 0.1) is 24.7 Å². The zero-order chi connectivity index (χ0) is 17.9. The van der Waals surface area contributed by atoms with Gasteiger partial charge < -0.3 is 14.5 Å². The van der Waals surface area contributed by atoms with Crippen molar-refractivity contribution in [2.45, 2.75) is 0 Å². The quantitative estimate of drug-likeness (QED) is 0.724. The van der Waals surface area contributed by atoms with Crippen molar-refractivity contribution in [2.24, 2.45) is 0 Å². The van der Waals surface area contributed by atoms with Gasteiger partial charge in [-0.05, 0) is 49.5 Å². The zero-order valence-corrected chi connectivity index (χ0v) is 15.3. The number of benzene rings is 2. The Kier molecular flexibility index (Phi) is 4.63. The summed E-state index contributed by atoms with van der Waals surface area (Å²) in [6.07, 6.45) is 1.83. The largest absolute Gasteiger partial charge is 0.496 e. The maximum Gasteiger partial charge on any atom is 0.128 e. The van der Waals surface area contributed by atoms with Gasteiger partial charge in [-0.3, -0.25) is 0 Å². The zero-order valence-electron chi connectivity index (χ0n) is 15.3. The van der Waals surface area contributed by atoms with Crippen molar-refractivity contribution in [1.29, 1.82) is 0 Å². The third kappa shape index (κ3) is 3.18. The van der Waals surface area contributed by atoms with Crippen LogP contribution in [-0.2, 0) is 0 Å². The summed E-state index contributed by atoms with van der Waals surface area (Å²) in [7, 11) is 3.88. The normalized spacial score (nSPS) is 15.2. The lowest BCUT2D eigenvalue weighted by Crippen LogP contribution is -2.44. The van der Waals surface area contributed by atoms with Crippen molar-refractivity contribution < 1.29 is 4.74 Å². The molecule has 1 aliphatic heterocycles. The molecule has 1 fully saturated rings. The summed E-state index contributed by atoms with van der Waals surface area (Å²) in [6, 6.07) is 18.7. The van der Waals surface area contributed by atoms with Gasteiger partial charge in [0.1, 0.15) is 5.75 Å². The standard InChI is InChI=1S/C21H24N4O/c1-23-13-15-24(16-14-23)17-7-9-18(10-8-17)25-20(11-12-22-25)19-5-3-4-6-21(19)26-2/h3-12H,13-16H2,1-2H3.